The molecular formula is C16H17ClN2O5S. The molecule has 2 heterocycles. The van der Waals surface area contributed by atoms with E-state index in [1.165, 1.54) is 0 Å². The van der Waals surface area contributed by atoms with Gasteiger partial charge in [0.25, 0.3) is 0 Å². The second-order valence-electron chi connectivity index (χ2n) is 5.55. The van der Waals surface area contributed by atoms with Gasteiger partial charge in [-0.2, -0.15) is 0 Å². The Bertz CT molecular complexity index is 808. The quantitative estimate of drug-likeness (QED) is 0.852. The summed E-state index contributed by atoms with van der Waals surface area (Å²) in [6.45, 7) is 2.80. The predicted octanol–water partition coefficient (Wildman–Crippen LogP) is 2.69. The third-order valence-electron chi connectivity index (χ3n) is 3.38. The molecule has 1 aromatic heterocycles. The number of halogens is 1. The van der Waals surface area contributed by atoms with Crippen molar-refractivity contribution < 1.29 is 23.0 Å². The third kappa shape index (κ3) is 4.73. The number of aromatic nitrogens is 1. The van der Waals surface area contributed by atoms with Crippen molar-refractivity contribution in [1.29, 1.82) is 0 Å². The van der Waals surface area contributed by atoms with E-state index in [2.05, 4.69) is 10.5 Å². The van der Waals surface area contributed by atoms with Crippen LogP contribution in [0.15, 0.2) is 22.7 Å². The fourth-order valence-electron chi connectivity index (χ4n) is 2.35. The molecular weight excluding hydrogens is 368 g/mol. The van der Waals surface area contributed by atoms with E-state index in [1.807, 2.05) is 0 Å². The normalized spacial score (nSPS) is 14.6. The summed E-state index contributed by atoms with van der Waals surface area (Å²) in [6.07, 6.45) is 0.772. The number of carbonyl (C=O) groups excluding carboxylic acids is 1. The van der Waals surface area contributed by atoms with Crippen LogP contribution in [0.25, 0.3) is 0 Å². The number of anilines is 1. The zero-order chi connectivity index (χ0) is 17.8. The van der Waals surface area contributed by atoms with Gasteiger partial charge in [0.15, 0.2) is 17.3 Å². The van der Waals surface area contributed by atoms with Gasteiger partial charge in [0.05, 0.1) is 18.2 Å². The fourth-order valence-corrected chi connectivity index (χ4v) is 3.65. The maximum atomic E-state index is 12.3. The van der Waals surface area contributed by atoms with Gasteiger partial charge >= 0.3 is 0 Å². The smallest absolute Gasteiger partial charge is 0.238 e. The molecule has 0 fully saturated rings. The summed E-state index contributed by atoms with van der Waals surface area (Å²) in [7, 11) is -1.41. The Morgan fingerprint density at radius 1 is 1.32 bits per heavy atom. The van der Waals surface area contributed by atoms with Crippen molar-refractivity contribution in [2.75, 3.05) is 24.3 Å². The average Bonchev–Trinajstić information content (AvgIpc) is 2.80. The lowest BCUT2D eigenvalue weighted by Gasteiger charge is -2.11. The molecule has 1 unspecified atom stereocenters. The number of aryl methyl sites for hydroxylation is 1. The standard InChI is InChI=1S/C16H17ClN2O5S/c1-10-5-14(19-24-10)18-15(20)9-25(21)8-11-6-12(17)16-13(7-11)22-3-2-4-23-16/h5-7H,2-4,8-9H2,1H3,(H,18,19,20). The summed E-state index contributed by atoms with van der Waals surface area (Å²) in [6, 6.07) is 5.03. The lowest BCUT2D eigenvalue weighted by atomic mass is 10.2. The van der Waals surface area contributed by atoms with Crippen LogP contribution in [0.4, 0.5) is 5.82 Å². The summed E-state index contributed by atoms with van der Waals surface area (Å²) in [5.41, 5.74) is 0.720. The minimum Gasteiger partial charge on any atom is -0.489 e. The Labute approximate surface area is 152 Å². The first-order chi connectivity index (χ1) is 12.0. The van der Waals surface area contributed by atoms with Gasteiger partial charge in [0.2, 0.25) is 5.91 Å². The van der Waals surface area contributed by atoms with E-state index in [-0.39, 0.29) is 11.5 Å². The SMILES string of the molecule is Cc1cc(NC(=O)CS(=O)Cc2cc(Cl)c3c(c2)OCCCO3)no1. The number of hydrogen-bond acceptors (Lipinski definition) is 6. The monoisotopic (exact) mass is 384 g/mol. The number of carbonyl (C=O) groups is 1. The maximum absolute atomic E-state index is 12.3. The van der Waals surface area contributed by atoms with Crippen molar-refractivity contribution in [3.63, 3.8) is 0 Å². The summed E-state index contributed by atoms with van der Waals surface area (Å²) in [5, 5.41) is 6.61. The molecule has 134 valence electrons. The Balaban J connectivity index is 1.61. The largest absolute Gasteiger partial charge is 0.489 e. The number of nitrogens with one attached hydrogen (secondary N) is 1. The topological polar surface area (TPSA) is 90.7 Å². The molecule has 2 aromatic rings. The van der Waals surface area contributed by atoms with Crippen LogP contribution in [0.3, 0.4) is 0 Å². The van der Waals surface area contributed by atoms with Crippen molar-refractivity contribution in [3.8, 4) is 11.5 Å². The number of hydrogen-bond donors (Lipinski definition) is 1. The molecule has 9 heteroatoms. The first-order valence-electron chi connectivity index (χ1n) is 7.67. The molecule has 0 saturated heterocycles. The highest BCUT2D eigenvalue weighted by Gasteiger charge is 2.17. The second kappa shape index (κ2) is 7.88. The van der Waals surface area contributed by atoms with Crippen molar-refractivity contribution >= 4 is 34.1 Å². The molecule has 3 rings (SSSR count). The van der Waals surface area contributed by atoms with E-state index in [9.17, 15) is 9.00 Å². The molecule has 0 saturated carbocycles. The van der Waals surface area contributed by atoms with Gasteiger partial charge in [-0.3, -0.25) is 9.00 Å². The molecule has 1 aromatic carbocycles. The number of ether oxygens (including phenoxy) is 2. The van der Waals surface area contributed by atoms with E-state index in [0.717, 1.165) is 12.0 Å². The summed E-state index contributed by atoms with van der Waals surface area (Å²) in [5.74, 6) is 1.57. The highest BCUT2D eigenvalue weighted by molar-refractivity contribution is 7.84. The molecule has 0 radical (unpaired) electrons. The Morgan fingerprint density at radius 3 is 2.88 bits per heavy atom. The van der Waals surface area contributed by atoms with Gasteiger partial charge in [0, 0.05) is 29.0 Å². The van der Waals surface area contributed by atoms with Crippen molar-refractivity contribution in [3.05, 3.63) is 34.5 Å². The zero-order valence-corrected chi connectivity index (χ0v) is 15.1. The van der Waals surface area contributed by atoms with Gasteiger partial charge in [-0.05, 0) is 24.6 Å². The summed E-state index contributed by atoms with van der Waals surface area (Å²) < 4.78 is 28.3. The van der Waals surface area contributed by atoms with Crippen LogP contribution in [0, 0.1) is 6.92 Å². The van der Waals surface area contributed by atoms with E-state index >= 15 is 0 Å². The van der Waals surface area contributed by atoms with Gasteiger partial charge in [-0.1, -0.05) is 16.8 Å². The molecule has 1 aliphatic heterocycles. The van der Waals surface area contributed by atoms with Gasteiger partial charge in [-0.25, -0.2) is 0 Å². The van der Waals surface area contributed by atoms with Crippen molar-refractivity contribution in [2.24, 2.45) is 0 Å². The van der Waals surface area contributed by atoms with Gasteiger partial charge in [-0.15, -0.1) is 0 Å². The molecule has 0 aliphatic carbocycles. The van der Waals surface area contributed by atoms with E-state index in [1.54, 1.807) is 25.1 Å². The van der Waals surface area contributed by atoms with Crippen LogP contribution < -0.4 is 14.8 Å². The molecule has 1 aliphatic rings. The van der Waals surface area contributed by atoms with Crippen LogP contribution in [0.2, 0.25) is 5.02 Å². The average molecular weight is 385 g/mol. The highest BCUT2D eigenvalue weighted by Crippen LogP contribution is 2.38. The van der Waals surface area contributed by atoms with Crippen LogP contribution in [0.5, 0.6) is 11.5 Å². The number of fused-ring (bicyclic) bond motifs is 1. The van der Waals surface area contributed by atoms with Crippen molar-refractivity contribution in [2.45, 2.75) is 19.1 Å². The minimum absolute atomic E-state index is 0.155. The van der Waals surface area contributed by atoms with Crippen LogP contribution in [-0.2, 0) is 21.3 Å². The van der Waals surface area contributed by atoms with Gasteiger partial charge in [0.1, 0.15) is 11.5 Å². The first-order valence-corrected chi connectivity index (χ1v) is 9.54. The number of nitrogens with zero attached hydrogens (tertiary/aromatic N) is 1. The summed E-state index contributed by atoms with van der Waals surface area (Å²) in [4.78, 5) is 11.9. The Hall–Kier alpha value is -2.06. The van der Waals surface area contributed by atoms with Crippen molar-refractivity contribution in [1.82, 2.24) is 5.16 Å². The van der Waals surface area contributed by atoms with E-state index < -0.39 is 16.7 Å². The third-order valence-corrected chi connectivity index (χ3v) is 4.90. The molecule has 1 N–H and O–H groups in total. The van der Waals surface area contributed by atoms with Crippen LogP contribution in [-0.4, -0.2) is 34.2 Å². The molecule has 7 nitrogen and oxygen atoms in total. The second-order valence-corrected chi connectivity index (χ2v) is 7.42. The minimum atomic E-state index is -1.41. The molecule has 1 atom stereocenters. The fraction of sp³-hybridized carbons (Fsp3) is 0.375. The Kier molecular flexibility index (Phi) is 5.60. The first kappa shape index (κ1) is 17.8. The highest BCUT2D eigenvalue weighted by atomic mass is 35.5. The lowest BCUT2D eigenvalue weighted by molar-refractivity contribution is -0.113. The number of rotatable bonds is 5. The molecule has 0 bridgehead atoms. The van der Waals surface area contributed by atoms with E-state index in [0.29, 0.717) is 41.3 Å². The number of benzene rings is 1. The maximum Gasteiger partial charge on any atom is 0.238 e. The number of amides is 1. The van der Waals surface area contributed by atoms with Crippen LogP contribution in [0.1, 0.15) is 17.7 Å². The molecule has 25 heavy (non-hydrogen) atoms. The molecule has 0 spiro atoms. The summed E-state index contributed by atoms with van der Waals surface area (Å²) >= 11 is 6.22. The van der Waals surface area contributed by atoms with E-state index in [4.69, 9.17) is 25.6 Å². The predicted molar refractivity (Wildman–Crippen MR) is 93.6 cm³/mol. The zero-order valence-electron chi connectivity index (χ0n) is 13.5. The van der Waals surface area contributed by atoms with Gasteiger partial charge < -0.3 is 19.3 Å². The van der Waals surface area contributed by atoms with Crippen LogP contribution >= 0.6 is 11.6 Å². The lowest BCUT2D eigenvalue weighted by Crippen LogP contribution is -2.20. The molecule has 1 amide bonds. The Morgan fingerprint density at radius 2 is 2.12 bits per heavy atom.